The van der Waals surface area contributed by atoms with E-state index in [-0.39, 0.29) is 5.69 Å². The number of hydrogen-bond donors (Lipinski definition) is 1. The molecule has 100 valence electrons. The van der Waals surface area contributed by atoms with Crippen molar-refractivity contribution in [3.05, 3.63) is 52.3 Å². The van der Waals surface area contributed by atoms with Gasteiger partial charge in [0.1, 0.15) is 0 Å². The van der Waals surface area contributed by atoms with E-state index in [1.165, 1.54) is 6.07 Å². The highest BCUT2D eigenvalue weighted by Gasteiger charge is 2.13. The number of aryl methyl sites for hydroxylation is 1. The maximum Gasteiger partial charge on any atom is 0.356 e. The summed E-state index contributed by atoms with van der Waals surface area (Å²) in [5.74, 6) is -1.06. The number of aromatic nitrogens is 3. The van der Waals surface area contributed by atoms with Crippen molar-refractivity contribution >= 4 is 27.5 Å². The summed E-state index contributed by atoms with van der Waals surface area (Å²) in [6.45, 7) is 1.87. The van der Waals surface area contributed by atoms with Gasteiger partial charge in [0.25, 0.3) is 0 Å². The quantitative estimate of drug-likeness (QED) is 0.783. The summed E-state index contributed by atoms with van der Waals surface area (Å²) in [6.07, 6.45) is 0. The number of carboxylic acid groups (broad SMARTS) is 1. The molecule has 0 aliphatic heterocycles. The minimum absolute atomic E-state index is 0.0145. The van der Waals surface area contributed by atoms with Gasteiger partial charge in [0.2, 0.25) is 0 Å². The van der Waals surface area contributed by atoms with Crippen LogP contribution in [0.1, 0.15) is 16.2 Å². The Balaban J connectivity index is 2.31. The average Bonchev–Trinajstić information content (AvgIpc) is 2.81. The first-order valence-corrected chi connectivity index (χ1v) is 6.70. The highest BCUT2D eigenvalue weighted by molar-refractivity contribution is 9.10. The van der Waals surface area contributed by atoms with Crippen molar-refractivity contribution in [1.82, 2.24) is 14.6 Å². The summed E-state index contributed by atoms with van der Waals surface area (Å²) in [5.41, 5.74) is 3.07. The zero-order chi connectivity index (χ0) is 14.3. The van der Waals surface area contributed by atoms with E-state index in [4.69, 9.17) is 5.11 Å². The third-order valence-electron chi connectivity index (χ3n) is 2.89. The lowest BCUT2D eigenvalue weighted by Crippen LogP contribution is -2.00. The van der Waals surface area contributed by atoms with Gasteiger partial charge >= 0.3 is 5.97 Å². The number of hydrogen-bond acceptors (Lipinski definition) is 3. The van der Waals surface area contributed by atoms with E-state index < -0.39 is 5.97 Å². The summed E-state index contributed by atoms with van der Waals surface area (Å²) >= 11 is 3.43. The maximum absolute atomic E-state index is 11.0. The van der Waals surface area contributed by atoms with Crippen LogP contribution < -0.4 is 0 Å². The standard InChI is InChI=1S/C14H10BrN3O2/c1-8-5-12(9-3-2-4-10(15)6-9)18-13(16-8)7-11(17-18)14(19)20/h2-7H,1H3,(H,19,20). The molecule has 1 aromatic carbocycles. The van der Waals surface area contributed by atoms with Crippen LogP contribution in [0.5, 0.6) is 0 Å². The van der Waals surface area contributed by atoms with E-state index in [0.717, 1.165) is 21.4 Å². The normalized spacial score (nSPS) is 10.9. The third-order valence-corrected chi connectivity index (χ3v) is 3.39. The van der Waals surface area contributed by atoms with E-state index in [2.05, 4.69) is 26.0 Å². The monoisotopic (exact) mass is 331 g/mol. The molecule has 0 fully saturated rings. The summed E-state index contributed by atoms with van der Waals surface area (Å²) in [5, 5.41) is 13.1. The molecule has 1 N–H and O–H groups in total. The number of aromatic carboxylic acids is 1. The van der Waals surface area contributed by atoms with E-state index in [1.54, 1.807) is 4.52 Å². The van der Waals surface area contributed by atoms with Gasteiger partial charge in [-0.2, -0.15) is 5.10 Å². The first kappa shape index (κ1) is 12.8. The first-order valence-electron chi connectivity index (χ1n) is 5.91. The fourth-order valence-corrected chi connectivity index (χ4v) is 2.46. The molecule has 6 heteroatoms. The molecule has 0 aliphatic carbocycles. The van der Waals surface area contributed by atoms with Gasteiger partial charge < -0.3 is 5.11 Å². The van der Waals surface area contributed by atoms with Crippen molar-refractivity contribution in [2.24, 2.45) is 0 Å². The number of carboxylic acids is 1. The molecule has 0 amide bonds. The van der Waals surface area contributed by atoms with Crippen LogP contribution in [0.3, 0.4) is 0 Å². The number of fused-ring (bicyclic) bond motifs is 1. The minimum atomic E-state index is -1.06. The third kappa shape index (κ3) is 2.18. The van der Waals surface area contributed by atoms with E-state index in [1.807, 2.05) is 37.3 Å². The molecule has 2 aromatic heterocycles. The Morgan fingerprint density at radius 1 is 1.30 bits per heavy atom. The maximum atomic E-state index is 11.0. The zero-order valence-corrected chi connectivity index (χ0v) is 12.1. The molecule has 0 saturated heterocycles. The largest absolute Gasteiger partial charge is 0.476 e. The van der Waals surface area contributed by atoms with Crippen molar-refractivity contribution in [3.63, 3.8) is 0 Å². The molecule has 0 atom stereocenters. The van der Waals surface area contributed by atoms with Crippen molar-refractivity contribution in [1.29, 1.82) is 0 Å². The molecule has 0 unspecified atom stereocenters. The van der Waals surface area contributed by atoms with Crippen LogP contribution in [-0.2, 0) is 0 Å². The summed E-state index contributed by atoms with van der Waals surface area (Å²) in [7, 11) is 0. The summed E-state index contributed by atoms with van der Waals surface area (Å²) in [4.78, 5) is 15.4. The van der Waals surface area contributed by atoms with Crippen molar-refractivity contribution in [3.8, 4) is 11.3 Å². The van der Waals surface area contributed by atoms with Crippen LogP contribution in [0.4, 0.5) is 0 Å². The first-order chi connectivity index (χ1) is 9.54. The molecular weight excluding hydrogens is 322 g/mol. The second kappa shape index (κ2) is 4.72. The molecule has 3 aromatic rings. The van der Waals surface area contributed by atoms with Gasteiger partial charge in [0, 0.05) is 21.8 Å². The Morgan fingerprint density at radius 2 is 2.10 bits per heavy atom. The van der Waals surface area contributed by atoms with Crippen LogP contribution >= 0.6 is 15.9 Å². The Morgan fingerprint density at radius 3 is 2.80 bits per heavy atom. The number of nitrogens with zero attached hydrogens (tertiary/aromatic N) is 3. The van der Waals surface area contributed by atoms with E-state index in [9.17, 15) is 4.79 Å². The Kier molecular flexibility index (Phi) is 3.02. The molecular formula is C14H10BrN3O2. The fraction of sp³-hybridized carbons (Fsp3) is 0.0714. The smallest absolute Gasteiger partial charge is 0.356 e. The van der Waals surface area contributed by atoms with E-state index >= 15 is 0 Å². The fourth-order valence-electron chi connectivity index (χ4n) is 2.06. The minimum Gasteiger partial charge on any atom is -0.476 e. The topological polar surface area (TPSA) is 67.5 Å². The van der Waals surface area contributed by atoms with Gasteiger partial charge in [-0.05, 0) is 25.1 Å². The SMILES string of the molecule is Cc1cc(-c2cccc(Br)c2)n2nc(C(=O)O)cc2n1. The van der Waals surface area contributed by atoms with Crippen LogP contribution in [0.2, 0.25) is 0 Å². The van der Waals surface area contributed by atoms with Gasteiger partial charge in [-0.15, -0.1) is 0 Å². The predicted octanol–water partition coefficient (Wildman–Crippen LogP) is 3.17. The molecule has 2 heterocycles. The highest BCUT2D eigenvalue weighted by Crippen LogP contribution is 2.24. The zero-order valence-electron chi connectivity index (χ0n) is 10.5. The van der Waals surface area contributed by atoms with Crippen LogP contribution in [0.25, 0.3) is 16.9 Å². The van der Waals surface area contributed by atoms with Gasteiger partial charge in [0.05, 0.1) is 5.69 Å². The lowest BCUT2D eigenvalue weighted by Gasteiger charge is -2.06. The van der Waals surface area contributed by atoms with Crippen molar-refractivity contribution in [2.45, 2.75) is 6.92 Å². The Bertz CT molecular complexity index is 826. The van der Waals surface area contributed by atoms with Gasteiger partial charge in [0.15, 0.2) is 11.3 Å². The van der Waals surface area contributed by atoms with Crippen LogP contribution in [0.15, 0.2) is 40.9 Å². The molecule has 5 nitrogen and oxygen atoms in total. The number of rotatable bonds is 2. The van der Waals surface area contributed by atoms with E-state index in [0.29, 0.717) is 5.65 Å². The number of carbonyl (C=O) groups is 1. The lowest BCUT2D eigenvalue weighted by molar-refractivity contribution is 0.0690. The van der Waals surface area contributed by atoms with Crippen molar-refractivity contribution in [2.75, 3.05) is 0 Å². The van der Waals surface area contributed by atoms with Crippen molar-refractivity contribution < 1.29 is 9.90 Å². The number of halogens is 1. The highest BCUT2D eigenvalue weighted by atomic mass is 79.9. The molecule has 3 rings (SSSR count). The second-order valence-corrected chi connectivity index (χ2v) is 5.31. The predicted molar refractivity (Wildman–Crippen MR) is 77.8 cm³/mol. The van der Waals surface area contributed by atoms with Gasteiger partial charge in [-0.25, -0.2) is 14.3 Å². The van der Waals surface area contributed by atoms with Gasteiger partial charge in [-0.3, -0.25) is 0 Å². The molecule has 0 saturated carbocycles. The summed E-state index contributed by atoms with van der Waals surface area (Å²) in [6, 6.07) is 11.1. The number of benzene rings is 1. The average molecular weight is 332 g/mol. The van der Waals surface area contributed by atoms with Gasteiger partial charge in [-0.1, -0.05) is 28.1 Å². The molecule has 0 radical (unpaired) electrons. The molecule has 0 spiro atoms. The lowest BCUT2D eigenvalue weighted by atomic mass is 10.1. The van der Waals surface area contributed by atoms with Crippen LogP contribution in [-0.4, -0.2) is 25.7 Å². The second-order valence-electron chi connectivity index (χ2n) is 4.40. The molecule has 0 bridgehead atoms. The molecule has 20 heavy (non-hydrogen) atoms. The summed E-state index contributed by atoms with van der Waals surface area (Å²) < 4.78 is 2.50. The van der Waals surface area contributed by atoms with Crippen LogP contribution in [0, 0.1) is 6.92 Å². The Labute approximate surface area is 123 Å². The molecule has 0 aliphatic rings. The Hall–Kier alpha value is -2.21.